The van der Waals surface area contributed by atoms with E-state index in [2.05, 4.69) is 10.4 Å². The summed E-state index contributed by atoms with van der Waals surface area (Å²) in [4.78, 5) is 36.6. The van der Waals surface area contributed by atoms with E-state index in [1.54, 1.807) is 17.8 Å². The third-order valence-corrected chi connectivity index (χ3v) is 5.28. The van der Waals surface area contributed by atoms with Crippen molar-refractivity contribution in [2.75, 3.05) is 19.1 Å². The molecule has 0 aliphatic carbocycles. The average Bonchev–Trinajstić information content (AvgIpc) is 2.77. The number of amides is 1. The maximum atomic E-state index is 12.5. The molecule has 0 radical (unpaired) electrons. The van der Waals surface area contributed by atoms with E-state index < -0.39 is 23.5 Å². The van der Waals surface area contributed by atoms with Crippen molar-refractivity contribution < 1.29 is 14.3 Å². The summed E-state index contributed by atoms with van der Waals surface area (Å²) in [5.41, 5.74) is 1.03. The molecule has 0 bridgehead atoms. The Balaban J connectivity index is 1.79. The van der Waals surface area contributed by atoms with Crippen LogP contribution in [0.15, 0.2) is 59.4 Å². The molecule has 8 heteroatoms. The number of nitrogens with one attached hydrogen (secondary N) is 1. The van der Waals surface area contributed by atoms with Gasteiger partial charge < -0.3 is 10.1 Å². The zero-order valence-electron chi connectivity index (χ0n) is 16.8. The standard InChI is InChI=1S/C22H23N3O4S/c1-29-22(28)19(11-12-30-2)23-20(26)14-25-21(27)10-9-18(24-25)17-8-7-15-5-3-4-6-16(15)13-17/h3-10,13,19H,11-12,14H2,1-2H3,(H,23,26)/t19-/m1/s1. The number of fused-ring (bicyclic) bond motifs is 1. The maximum Gasteiger partial charge on any atom is 0.328 e. The van der Waals surface area contributed by atoms with E-state index in [0.29, 0.717) is 17.9 Å². The molecule has 0 saturated carbocycles. The first kappa shape index (κ1) is 21.6. The molecule has 1 N–H and O–H groups in total. The third-order valence-electron chi connectivity index (χ3n) is 4.64. The number of ether oxygens (including phenoxy) is 1. The van der Waals surface area contributed by atoms with Gasteiger partial charge in [0.2, 0.25) is 5.91 Å². The van der Waals surface area contributed by atoms with Crippen LogP contribution in [-0.4, -0.2) is 46.8 Å². The molecule has 3 rings (SSSR count). The van der Waals surface area contributed by atoms with Gasteiger partial charge in [-0.1, -0.05) is 36.4 Å². The van der Waals surface area contributed by atoms with Crippen LogP contribution in [0.4, 0.5) is 0 Å². The van der Waals surface area contributed by atoms with Gasteiger partial charge >= 0.3 is 5.97 Å². The predicted molar refractivity (Wildman–Crippen MR) is 118 cm³/mol. The zero-order valence-corrected chi connectivity index (χ0v) is 17.6. The molecule has 156 valence electrons. The fourth-order valence-corrected chi connectivity index (χ4v) is 3.54. The van der Waals surface area contributed by atoms with Crippen molar-refractivity contribution in [3.05, 3.63) is 65.0 Å². The molecule has 0 saturated heterocycles. The fraction of sp³-hybridized carbons (Fsp3) is 0.273. The van der Waals surface area contributed by atoms with Crippen LogP contribution in [0.25, 0.3) is 22.0 Å². The van der Waals surface area contributed by atoms with Crippen molar-refractivity contribution in [1.29, 1.82) is 0 Å². The molecule has 1 aromatic heterocycles. The topological polar surface area (TPSA) is 90.3 Å². The fourth-order valence-electron chi connectivity index (χ4n) is 3.07. The minimum atomic E-state index is -0.755. The Morgan fingerprint density at radius 1 is 1.13 bits per heavy atom. The van der Waals surface area contributed by atoms with Crippen LogP contribution in [-0.2, 0) is 20.9 Å². The summed E-state index contributed by atoms with van der Waals surface area (Å²) < 4.78 is 5.85. The average molecular weight is 426 g/mol. The highest BCUT2D eigenvalue weighted by Gasteiger charge is 2.21. The quantitative estimate of drug-likeness (QED) is 0.558. The van der Waals surface area contributed by atoms with Crippen LogP contribution in [0.3, 0.4) is 0 Å². The Kier molecular flexibility index (Phi) is 7.24. The van der Waals surface area contributed by atoms with Crippen molar-refractivity contribution in [3.63, 3.8) is 0 Å². The lowest BCUT2D eigenvalue weighted by atomic mass is 10.1. The Labute approximate surface area is 178 Å². The van der Waals surface area contributed by atoms with E-state index in [-0.39, 0.29) is 6.54 Å². The molecule has 3 aromatic rings. The van der Waals surface area contributed by atoms with Crippen molar-refractivity contribution in [1.82, 2.24) is 15.1 Å². The van der Waals surface area contributed by atoms with Gasteiger partial charge in [0, 0.05) is 11.6 Å². The van der Waals surface area contributed by atoms with E-state index in [9.17, 15) is 14.4 Å². The first-order valence-electron chi connectivity index (χ1n) is 9.45. The monoisotopic (exact) mass is 425 g/mol. The van der Waals surface area contributed by atoms with Crippen molar-refractivity contribution in [2.45, 2.75) is 19.0 Å². The first-order chi connectivity index (χ1) is 14.5. The molecule has 30 heavy (non-hydrogen) atoms. The molecule has 0 aliphatic rings. The van der Waals surface area contributed by atoms with E-state index in [4.69, 9.17) is 4.74 Å². The summed E-state index contributed by atoms with van der Waals surface area (Å²) in [5.74, 6) is -0.297. The van der Waals surface area contributed by atoms with Gasteiger partial charge in [0.05, 0.1) is 12.8 Å². The Hall–Kier alpha value is -3.13. The number of hydrogen-bond acceptors (Lipinski definition) is 6. The van der Waals surface area contributed by atoms with Gasteiger partial charge in [-0.2, -0.15) is 16.9 Å². The Morgan fingerprint density at radius 2 is 1.90 bits per heavy atom. The molecule has 1 amide bonds. The second-order valence-corrected chi connectivity index (χ2v) is 7.69. The Morgan fingerprint density at radius 3 is 2.63 bits per heavy atom. The van der Waals surface area contributed by atoms with Crippen LogP contribution in [0.1, 0.15) is 6.42 Å². The number of carbonyl (C=O) groups is 2. The predicted octanol–water partition coefficient (Wildman–Crippen LogP) is 2.47. The van der Waals surface area contributed by atoms with Gasteiger partial charge in [-0.15, -0.1) is 0 Å². The molecule has 7 nitrogen and oxygen atoms in total. The van der Waals surface area contributed by atoms with Gasteiger partial charge in [-0.05, 0) is 41.3 Å². The lowest BCUT2D eigenvalue weighted by Gasteiger charge is -2.16. The van der Waals surface area contributed by atoms with E-state index in [1.165, 1.54) is 13.2 Å². The molecule has 0 unspecified atom stereocenters. The molecule has 0 aliphatic heterocycles. The van der Waals surface area contributed by atoms with Crippen molar-refractivity contribution in [2.24, 2.45) is 0 Å². The number of thioether (sulfide) groups is 1. The molecular weight excluding hydrogens is 402 g/mol. The number of aromatic nitrogens is 2. The summed E-state index contributed by atoms with van der Waals surface area (Å²) in [6.07, 6.45) is 2.36. The number of hydrogen-bond donors (Lipinski definition) is 1. The number of esters is 1. The van der Waals surface area contributed by atoms with Gasteiger partial charge in [-0.3, -0.25) is 9.59 Å². The van der Waals surface area contributed by atoms with Crippen molar-refractivity contribution in [3.8, 4) is 11.3 Å². The molecule has 1 heterocycles. The Bertz CT molecular complexity index is 1110. The second kappa shape index (κ2) is 10.1. The molecule has 0 fully saturated rings. The minimum Gasteiger partial charge on any atom is -0.467 e. The van der Waals surface area contributed by atoms with Gasteiger partial charge in [0.1, 0.15) is 12.6 Å². The van der Waals surface area contributed by atoms with Crippen LogP contribution in [0.5, 0.6) is 0 Å². The summed E-state index contributed by atoms with van der Waals surface area (Å²) >= 11 is 1.56. The van der Waals surface area contributed by atoms with Crippen LogP contribution in [0, 0.1) is 0 Å². The SMILES string of the molecule is COC(=O)[C@@H](CCSC)NC(=O)Cn1nc(-c2ccc3ccccc3c2)ccc1=O. The minimum absolute atomic E-state index is 0.285. The molecule has 1 atom stereocenters. The highest BCUT2D eigenvalue weighted by Crippen LogP contribution is 2.22. The highest BCUT2D eigenvalue weighted by molar-refractivity contribution is 7.98. The summed E-state index contributed by atoms with van der Waals surface area (Å²) in [7, 11) is 1.28. The van der Waals surface area contributed by atoms with E-state index in [0.717, 1.165) is 21.0 Å². The van der Waals surface area contributed by atoms with Gasteiger partial charge in [-0.25, -0.2) is 9.48 Å². The first-order valence-corrected chi connectivity index (χ1v) is 10.8. The maximum absolute atomic E-state index is 12.5. The van der Waals surface area contributed by atoms with E-state index in [1.807, 2.05) is 48.7 Å². The van der Waals surface area contributed by atoms with Crippen LogP contribution in [0.2, 0.25) is 0 Å². The van der Waals surface area contributed by atoms with Gasteiger partial charge in [0.15, 0.2) is 0 Å². The van der Waals surface area contributed by atoms with Crippen LogP contribution < -0.4 is 10.9 Å². The largest absolute Gasteiger partial charge is 0.467 e. The molecular formula is C22H23N3O4S. The summed E-state index contributed by atoms with van der Waals surface area (Å²) in [5, 5.41) is 9.14. The van der Waals surface area contributed by atoms with E-state index >= 15 is 0 Å². The smallest absolute Gasteiger partial charge is 0.328 e. The lowest BCUT2D eigenvalue weighted by molar-refractivity contribution is -0.145. The number of rotatable bonds is 8. The van der Waals surface area contributed by atoms with Crippen molar-refractivity contribution >= 4 is 34.4 Å². The summed E-state index contributed by atoms with van der Waals surface area (Å²) in [6.45, 7) is -0.285. The number of carbonyl (C=O) groups excluding carboxylic acids is 2. The summed E-state index contributed by atoms with van der Waals surface area (Å²) in [6, 6.07) is 16.1. The number of methoxy groups -OCH3 is 1. The molecule has 2 aromatic carbocycles. The lowest BCUT2D eigenvalue weighted by Crippen LogP contribution is -2.44. The number of nitrogens with zero attached hydrogens (tertiary/aromatic N) is 2. The molecule has 0 spiro atoms. The highest BCUT2D eigenvalue weighted by atomic mass is 32.2. The van der Waals surface area contributed by atoms with Crippen LogP contribution >= 0.6 is 11.8 Å². The zero-order chi connectivity index (χ0) is 21.5. The van der Waals surface area contributed by atoms with Gasteiger partial charge in [0.25, 0.3) is 5.56 Å². The number of benzene rings is 2. The normalized spacial score (nSPS) is 11.8. The third kappa shape index (κ3) is 5.27. The second-order valence-electron chi connectivity index (χ2n) is 6.70.